The molecule has 5 heteroatoms. The molecule has 1 aromatic heterocycles. The summed E-state index contributed by atoms with van der Waals surface area (Å²) < 4.78 is 1.12. The van der Waals surface area contributed by atoms with Crippen LogP contribution in [0.15, 0.2) is 15.2 Å². The van der Waals surface area contributed by atoms with Crippen molar-refractivity contribution in [3.63, 3.8) is 0 Å². The minimum atomic E-state index is 0.204. The van der Waals surface area contributed by atoms with Crippen molar-refractivity contribution in [3.8, 4) is 0 Å². The lowest BCUT2D eigenvalue weighted by Gasteiger charge is -2.29. The highest BCUT2D eigenvalue weighted by Gasteiger charge is 2.27. The van der Waals surface area contributed by atoms with Gasteiger partial charge in [-0.2, -0.15) is 0 Å². The molecule has 106 valence electrons. The van der Waals surface area contributed by atoms with Gasteiger partial charge in [-0.15, -0.1) is 11.3 Å². The first kappa shape index (κ1) is 15.0. The first-order valence-corrected chi connectivity index (χ1v) is 8.45. The Morgan fingerprint density at radius 1 is 1.47 bits per heavy atom. The van der Waals surface area contributed by atoms with Crippen LogP contribution in [0.1, 0.15) is 31.2 Å². The summed E-state index contributed by atoms with van der Waals surface area (Å²) in [6, 6.07) is 2.08. The van der Waals surface area contributed by atoms with Crippen molar-refractivity contribution in [2.75, 3.05) is 13.6 Å². The van der Waals surface area contributed by atoms with Gasteiger partial charge in [0.2, 0.25) is 5.91 Å². The van der Waals surface area contributed by atoms with Crippen molar-refractivity contribution in [1.29, 1.82) is 0 Å². The predicted octanol–water partition coefficient (Wildman–Crippen LogP) is 3.23. The van der Waals surface area contributed by atoms with Gasteiger partial charge in [0.25, 0.3) is 0 Å². The van der Waals surface area contributed by atoms with Gasteiger partial charge >= 0.3 is 0 Å². The van der Waals surface area contributed by atoms with Crippen LogP contribution in [0.5, 0.6) is 0 Å². The van der Waals surface area contributed by atoms with Gasteiger partial charge in [-0.25, -0.2) is 0 Å². The summed E-state index contributed by atoms with van der Waals surface area (Å²) >= 11 is 5.12. The topological polar surface area (TPSA) is 46.3 Å². The van der Waals surface area contributed by atoms with E-state index in [4.69, 9.17) is 5.73 Å². The number of nitrogens with two attached hydrogens (primary N) is 1. The number of amides is 1. The minimum Gasteiger partial charge on any atom is -0.341 e. The number of carbonyl (C=O) groups excluding carboxylic acids is 1. The summed E-state index contributed by atoms with van der Waals surface area (Å²) in [4.78, 5) is 14.3. The van der Waals surface area contributed by atoms with Crippen LogP contribution < -0.4 is 5.73 Å². The van der Waals surface area contributed by atoms with Crippen molar-refractivity contribution in [2.45, 2.75) is 32.2 Å². The van der Waals surface area contributed by atoms with Gasteiger partial charge in [0.1, 0.15) is 0 Å². The van der Waals surface area contributed by atoms with Crippen LogP contribution in [0, 0.1) is 11.8 Å². The molecule has 2 N–H and O–H groups in total. The van der Waals surface area contributed by atoms with E-state index in [0.29, 0.717) is 12.5 Å². The molecule has 0 bridgehead atoms. The zero-order chi connectivity index (χ0) is 13.8. The molecule has 1 aromatic rings. The Bertz CT molecular complexity index is 427. The molecule has 1 amide bonds. The molecule has 1 aliphatic rings. The normalized spacial score (nSPS) is 23.3. The monoisotopic (exact) mass is 344 g/mol. The average Bonchev–Trinajstić information content (AvgIpc) is 2.83. The summed E-state index contributed by atoms with van der Waals surface area (Å²) in [5, 5.41) is 2.10. The molecule has 2 rings (SSSR count). The van der Waals surface area contributed by atoms with Gasteiger partial charge < -0.3 is 10.6 Å². The maximum absolute atomic E-state index is 12.4. The van der Waals surface area contributed by atoms with Crippen molar-refractivity contribution in [3.05, 3.63) is 20.8 Å². The van der Waals surface area contributed by atoms with Gasteiger partial charge in [-0.1, -0.05) is 0 Å². The molecular formula is C14H21BrN2OS. The number of carbonyl (C=O) groups is 1. The van der Waals surface area contributed by atoms with E-state index in [-0.39, 0.29) is 11.8 Å². The van der Waals surface area contributed by atoms with Gasteiger partial charge in [0.15, 0.2) is 0 Å². The molecule has 0 spiro atoms. The highest BCUT2D eigenvalue weighted by molar-refractivity contribution is 9.11. The number of nitrogens with zero attached hydrogens (tertiary/aromatic N) is 1. The van der Waals surface area contributed by atoms with E-state index < -0.39 is 0 Å². The Hall–Kier alpha value is -0.390. The molecule has 1 fully saturated rings. The first-order valence-electron chi connectivity index (χ1n) is 6.78. The van der Waals surface area contributed by atoms with E-state index in [1.54, 1.807) is 11.3 Å². The summed E-state index contributed by atoms with van der Waals surface area (Å²) in [6.07, 6.45) is 4.20. The van der Waals surface area contributed by atoms with Crippen molar-refractivity contribution >= 4 is 33.2 Å². The highest BCUT2D eigenvalue weighted by atomic mass is 79.9. The van der Waals surface area contributed by atoms with Crippen LogP contribution in [-0.4, -0.2) is 24.4 Å². The third kappa shape index (κ3) is 4.04. The van der Waals surface area contributed by atoms with E-state index in [1.165, 1.54) is 5.56 Å². The zero-order valence-corrected chi connectivity index (χ0v) is 13.7. The second-order valence-electron chi connectivity index (χ2n) is 5.41. The summed E-state index contributed by atoms with van der Waals surface area (Å²) in [5.41, 5.74) is 6.89. The standard InChI is InChI=1S/C14H21BrN2OS/c1-17(8-11-6-13(15)19-9-11)14(18)12-4-2-10(7-16)3-5-12/h6,9-10,12H,2-5,7-8,16H2,1H3. The first-order chi connectivity index (χ1) is 9.10. The van der Waals surface area contributed by atoms with Crippen LogP contribution in [0.4, 0.5) is 0 Å². The number of rotatable bonds is 4. The number of hydrogen-bond acceptors (Lipinski definition) is 3. The molecule has 0 aliphatic heterocycles. The smallest absolute Gasteiger partial charge is 0.225 e. The summed E-state index contributed by atoms with van der Waals surface area (Å²) in [6.45, 7) is 1.47. The van der Waals surface area contributed by atoms with E-state index in [2.05, 4.69) is 27.4 Å². The maximum atomic E-state index is 12.4. The van der Waals surface area contributed by atoms with Crippen molar-refractivity contribution < 1.29 is 4.79 Å². The largest absolute Gasteiger partial charge is 0.341 e. The lowest BCUT2D eigenvalue weighted by atomic mass is 9.81. The third-order valence-corrected chi connectivity index (χ3v) is 5.50. The Morgan fingerprint density at radius 3 is 2.68 bits per heavy atom. The molecule has 0 aromatic carbocycles. The van der Waals surface area contributed by atoms with Crippen molar-refractivity contribution in [1.82, 2.24) is 4.90 Å². The summed E-state index contributed by atoms with van der Waals surface area (Å²) in [5.74, 6) is 1.12. The Balaban J connectivity index is 1.85. The summed E-state index contributed by atoms with van der Waals surface area (Å²) in [7, 11) is 1.91. The molecule has 3 nitrogen and oxygen atoms in total. The predicted molar refractivity (Wildman–Crippen MR) is 83.0 cm³/mol. The SMILES string of the molecule is CN(Cc1csc(Br)c1)C(=O)C1CCC(CN)CC1. The lowest BCUT2D eigenvalue weighted by Crippen LogP contribution is -2.35. The maximum Gasteiger partial charge on any atom is 0.225 e. The fraction of sp³-hybridized carbons (Fsp3) is 0.643. The molecule has 0 radical (unpaired) electrons. The number of halogens is 1. The van der Waals surface area contributed by atoms with Gasteiger partial charge in [-0.05, 0) is 71.1 Å². The van der Waals surface area contributed by atoms with Crippen LogP contribution in [0.25, 0.3) is 0 Å². The fourth-order valence-electron chi connectivity index (χ4n) is 2.74. The number of hydrogen-bond donors (Lipinski definition) is 1. The van der Waals surface area contributed by atoms with Gasteiger partial charge in [0.05, 0.1) is 3.79 Å². The molecule has 1 saturated carbocycles. The second-order valence-corrected chi connectivity index (χ2v) is 7.70. The molecule has 1 aliphatic carbocycles. The van der Waals surface area contributed by atoms with Crippen LogP contribution >= 0.6 is 27.3 Å². The molecule has 0 unspecified atom stereocenters. The lowest BCUT2D eigenvalue weighted by molar-refractivity contribution is -0.136. The van der Waals surface area contributed by atoms with Crippen LogP contribution in [-0.2, 0) is 11.3 Å². The molecular weight excluding hydrogens is 324 g/mol. The zero-order valence-electron chi connectivity index (χ0n) is 11.3. The Kier molecular flexibility index (Phi) is 5.42. The van der Waals surface area contributed by atoms with E-state index in [1.807, 2.05) is 11.9 Å². The van der Waals surface area contributed by atoms with E-state index in [9.17, 15) is 4.79 Å². The quantitative estimate of drug-likeness (QED) is 0.911. The molecule has 0 saturated heterocycles. The van der Waals surface area contributed by atoms with E-state index >= 15 is 0 Å². The molecule has 0 atom stereocenters. The van der Waals surface area contributed by atoms with Crippen LogP contribution in [0.2, 0.25) is 0 Å². The Labute approximate surface area is 127 Å². The minimum absolute atomic E-state index is 0.204. The van der Waals surface area contributed by atoms with Gasteiger partial charge in [0, 0.05) is 19.5 Å². The number of thiophene rings is 1. The molecule has 1 heterocycles. The second kappa shape index (κ2) is 6.86. The van der Waals surface area contributed by atoms with Gasteiger partial charge in [-0.3, -0.25) is 4.79 Å². The van der Waals surface area contributed by atoms with Crippen molar-refractivity contribution in [2.24, 2.45) is 17.6 Å². The fourth-order valence-corrected chi connectivity index (χ4v) is 3.94. The molecule has 19 heavy (non-hydrogen) atoms. The Morgan fingerprint density at radius 2 is 2.16 bits per heavy atom. The van der Waals surface area contributed by atoms with Crippen LogP contribution in [0.3, 0.4) is 0 Å². The highest BCUT2D eigenvalue weighted by Crippen LogP contribution is 2.30. The third-order valence-electron chi connectivity index (χ3n) is 3.95. The average molecular weight is 345 g/mol. The van der Waals surface area contributed by atoms with E-state index in [0.717, 1.165) is 36.0 Å².